The molecule has 29 heavy (non-hydrogen) atoms. The number of fused-ring (bicyclic) bond motifs is 9. The van der Waals surface area contributed by atoms with Gasteiger partial charge in [0.15, 0.2) is 5.79 Å². The zero-order valence-corrected chi connectivity index (χ0v) is 19.4. The van der Waals surface area contributed by atoms with Crippen LogP contribution in [0.2, 0.25) is 0 Å². The van der Waals surface area contributed by atoms with E-state index < -0.39 is 5.79 Å². The maximum atomic E-state index is 6.73. The molecule has 4 heteroatoms. The Morgan fingerprint density at radius 1 is 1.03 bits per heavy atom. The predicted molar refractivity (Wildman–Crippen MR) is 116 cm³/mol. The number of hydrogen-bond acceptors (Lipinski definition) is 4. The van der Waals surface area contributed by atoms with Crippen LogP contribution in [0.5, 0.6) is 0 Å². The molecule has 158 valence electrons. The van der Waals surface area contributed by atoms with Gasteiger partial charge in [-0.15, -0.1) is 11.3 Å². The van der Waals surface area contributed by atoms with Crippen molar-refractivity contribution in [2.24, 2.45) is 34.5 Å². The molecule has 3 saturated carbocycles. The van der Waals surface area contributed by atoms with Crippen LogP contribution in [0.3, 0.4) is 0 Å². The molecule has 1 aromatic rings. The highest BCUT2D eigenvalue weighted by Crippen LogP contribution is 2.68. The van der Waals surface area contributed by atoms with Gasteiger partial charge in [0.2, 0.25) is 0 Å². The number of ether oxygens (including phenoxy) is 2. The van der Waals surface area contributed by atoms with Crippen LogP contribution in [0.25, 0.3) is 0 Å². The second kappa shape index (κ2) is 5.75. The van der Waals surface area contributed by atoms with E-state index in [0.29, 0.717) is 29.1 Å². The van der Waals surface area contributed by atoms with Gasteiger partial charge in [0, 0.05) is 4.88 Å². The minimum absolute atomic E-state index is 0.197. The van der Waals surface area contributed by atoms with Gasteiger partial charge in [0.1, 0.15) is 0 Å². The minimum atomic E-state index is -0.479. The van der Waals surface area contributed by atoms with E-state index in [9.17, 15) is 0 Å². The smallest absolute Gasteiger partial charge is 0.163 e. The van der Waals surface area contributed by atoms with Gasteiger partial charge in [-0.25, -0.2) is 4.98 Å². The van der Waals surface area contributed by atoms with E-state index in [0.717, 1.165) is 6.42 Å². The van der Waals surface area contributed by atoms with Crippen molar-refractivity contribution >= 4 is 11.3 Å². The largest absolute Gasteiger partial charge is 0.344 e. The topological polar surface area (TPSA) is 31.4 Å². The fraction of sp³-hybridized carbons (Fsp3) is 0.800. The van der Waals surface area contributed by atoms with Gasteiger partial charge in [0.25, 0.3) is 0 Å². The zero-order chi connectivity index (χ0) is 20.3. The molecule has 2 heterocycles. The van der Waals surface area contributed by atoms with Gasteiger partial charge in [-0.05, 0) is 93.8 Å². The Morgan fingerprint density at radius 3 is 2.59 bits per heavy atom. The number of aryl methyl sites for hydroxylation is 1. The molecule has 1 aliphatic heterocycles. The highest BCUT2D eigenvalue weighted by Gasteiger charge is 2.67. The summed E-state index contributed by atoms with van der Waals surface area (Å²) in [5, 5.41) is 1.22. The van der Waals surface area contributed by atoms with Gasteiger partial charge in [-0.2, -0.15) is 0 Å². The summed E-state index contributed by atoms with van der Waals surface area (Å²) in [6.45, 7) is 16.0. The minimum Gasteiger partial charge on any atom is -0.344 e. The van der Waals surface area contributed by atoms with Crippen molar-refractivity contribution < 1.29 is 9.47 Å². The van der Waals surface area contributed by atoms with E-state index in [4.69, 9.17) is 14.5 Å². The quantitative estimate of drug-likeness (QED) is 0.511. The summed E-state index contributed by atoms with van der Waals surface area (Å²) in [5.74, 6) is 2.04. The van der Waals surface area contributed by atoms with Crippen LogP contribution in [-0.4, -0.2) is 23.0 Å². The molecule has 0 spiro atoms. The molecule has 6 rings (SSSR count). The van der Waals surface area contributed by atoms with E-state index in [-0.39, 0.29) is 17.6 Å². The lowest BCUT2D eigenvalue weighted by Gasteiger charge is -2.62. The molecule has 4 aliphatic carbocycles. The standard InChI is InChI=1S/C25H35NO2S/c1-13-7-8-15-20-16(9-10-24(13,15)5)25(6)12-19-18(26-14(2)29-19)11-17(25)21-22(20)28-23(3,4)27-21/h15-17,20-22H,1,7-12H2,2-6H3/t15-,16-,17+,20?,21+,22+,24+,25+/m0/s1. The maximum Gasteiger partial charge on any atom is 0.163 e. The zero-order valence-electron chi connectivity index (χ0n) is 18.6. The van der Waals surface area contributed by atoms with E-state index in [2.05, 4.69) is 41.2 Å². The van der Waals surface area contributed by atoms with Crippen LogP contribution in [0, 0.1) is 41.4 Å². The fourth-order valence-electron chi connectivity index (χ4n) is 8.38. The number of allylic oxidation sites excluding steroid dienone is 1. The Labute approximate surface area is 179 Å². The summed E-state index contributed by atoms with van der Waals surface area (Å²) >= 11 is 1.93. The third-order valence-corrected chi connectivity index (χ3v) is 10.8. The third-order valence-electron chi connectivity index (χ3n) is 9.76. The van der Waals surface area contributed by atoms with Crippen molar-refractivity contribution in [3.8, 4) is 0 Å². The molecule has 1 unspecified atom stereocenters. The number of hydrogen-bond donors (Lipinski definition) is 0. The summed E-state index contributed by atoms with van der Waals surface area (Å²) in [4.78, 5) is 6.46. The van der Waals surface area contributed by atoms with Crippen molar-refractivity contribution in [1.82, 2.24) is 4.98 Å². The van der Waals surface area contributed by atoms with Crippen molar-refractivity contribution in [3.05, 3.63) is 27.7 Å². The monoisotopic (exact) mass is 413 g/mol. The maximum absolute atomic E-state index is 6.73. The van der Waals surface area contributed by atoms with Crippen LogP contribution in [-0.2, 0) is 22.3 Å². The van der Waals surface area contributed by atoms with E-state index in [1.165, 1.54) is 48.4 Å². The first-order valence-corrected chi connectivity index (χ1v) is 12.4. The molecule has 0 N–H and O–H groups in total. The van der Waals surface area contributed by atoms with Crippen LogP contribution < -0.4 is 0 Å². The van der Waals surface area contributed by atoms with Crippen molar-refractivity contribution in [2.45, 2.75) is 91.1 Å². The van der Waals surface area contributed by atoms with Gasteiger partial charge in [0.05, 0.1) is 22.9 Å². The average Bonchev–Trinajstić information content (AvgIpc) is 3.25. The first-order valence-electron chi connectivity index (χ1n) is 11.6. The second-order valence-corrected chi connectivity index (χ2v) is 12.8. The molecule has 0 aromatic carbocycles. The van der Waals surface area contributed by atoms with Crippen LogP contribution in [0.1, 0.15) is 69.0 Å². The Balaban J connectivity index is 1.48. The first kappa shape index (κ1) is 19.0. The lowest BCUT2D eigenvalue weighted by molar-refractivity contribution is -0.164. The average molecular weight is 414 g/mol. The summed E-state index contributed by atoms with van der Waals surface area (Å²) in [6, 6.07) is 0. The second-order valence-electron chi connectivity index (χ2n) is 11.5. The number of thiazole rings is 1. The van der Waals surface area contributed by atoms with Crippen molar-refractivity contribution in [2.75, 3.05) is 0 Å². The van der Waals surface area contributed by atoms with E-state index in [1.54, 1.807) is 4.88 Å². The van der Waals surface area contributed by atoms with Crippen LogP contribution in [0.4, 0.5) is 0 Å². The Morgan fingerprint density at radius 2 is 1.79 bits per heavy atom. The third kappa shape index (κ3) is 2.40. The van der Waals surface area contributed by atoms with Crippen molar-refractivity contribution in [3.63, 3.8) is 0 Å². The molecule has 1 aromatic heterocycles. The number of nitrogens with zero attached hydrogens (tertiary/aromatic N) is 1. The van der Waals surface area contributed by atoms with Gasteiger partial charge in [-0.1, -0.05) is 26.0 Å². The first-order chi connectivity index (χ1) is 13.6. The molecule has 5 aliphatic rings. The summed E-state index contributed by atoms with van der Waals surface area (Å²) < 4.78 is 13.4. The van der Waals surface area contributed by atoms with E-state index in [1.807, 2.05) is 11.3 Å². The summed E-state index contributed by atoms with van der Waals surface area (Å²) in [6.07, 6.45) is 7.76. The Kier molecular flexibility index (Phi) is 3.77. The molecule has 0 bridgehead atoms. The summed E-state index contributed by atoms with van der Waals surface area (Å²) in [7, 11) is 0. The van der Waals surface area contributed by atoms with Gasteiger partial charge in [-0.3, -0.25) is 0 Å². The molecule has 8 atom stereocenters. The molecule has 0 amide bonds. The molecule has 4 fully saturated rings. The number of aromatic nitrogens is 1. The van der Waals surface area contributed by atoms with Gasteiger partial charge >= 0.3 is 0 Å². The lowest BCUT2D eigenvalue weighted by Crippen LogP contribution is -2.63. The SMILES string of the molecule is C=C1CC[C@H]2C3[C@H]4OC(C)(C)O[C@@H]4[C@H]4Cc5nc(C)sc5C[C@]4(C)[C@H]3CC[C@]12C. The lowest BCUT2D eigenvalue weighted by atomic mass is 9.44. The normalized spacial score (nSPS) is 49.8. The molecule has 3 nitrogen and oxygen atoms in total. The highest BCUT2D eigenvalue weighted by atomic mass is 32.1. The highest BCUT2D eigenvalue weighted by molar-refractivity contribution is 7.11. The van der Waals surface area contributed by atoms with Gasteiger partial charge < -0.3 is 9.47 Å². The number of rotatable bonds is 0. The Hall–Kier alpha value is -0.710. The molecule has 1 saturated heterocycles. The predicted octanol–water partition coefficient (Wildman–Crippen LogP) is 5.71. The molecular formula is C25H35NO2S. The van der Waals surface area contributed by atoms with Crippen molar-refractivity contribution in [1.29, 1.82) is 0 Å². The molecule has 0 radical (unpaired) electrons. The molecular weight excluding hydrogens is 378 g/mol. The summed E-state index contributed by atoms with van der Waals surface area (Å²) in [5.41, 5.74) is 3.42. The van der Waals surface area contributed by atoms with Crippen LogP contribution >= 0.6 is 11.3 Å². The fourth-order valence-corrected chi connectivity index (χ4v) is 9.53. The van der Waals surface area contributed by atoms with Crippen LogP contribution in [0.15, 0.2) is 12.2 Å². The Bertz CT molecular complexity index is 889. The van der Waals surface area contributed by atoms with E-state index >= 15 is 0 Å².